The molecule has 232 valence electrons. The fourth-order valence-corrected chi connectivity index (χ4v) is 15.0. The first-order valence-corrected chi connectivity index (χ1v) is 21.3. The molecule has 2 bridgehead atoms. The Morgan fingerprint density at radius 3 is 1.85 bits per heavy atom. The maximum absolute atomic E-state index is 14.7. The van der Waals surface area contributed by atoms with Crippen molar-refractivity contribution in [2.45, 2.75) is 155 Å². The van der Waals surface area contributed by atoms with Crippen molar-refractivity contribution in [3.63, 3.8) is 0 Å². The molecule has 8 heteroatoms. The molecule has 3 saturated carbocycles. The molecule has 0 aliphatic heterocycles. The van der Waals surface area contributed by atoms with Gasteiger partial charge in [-0.1, -0.05) is 74.5 Å². The van der Waals surface area contributed by atoms with Crippen LogP contribution in [0.5, 0.6) is 0 Å². The van der Waals surface area contributed by atoms with E-state index in [2.05, 4.69) is 55.0 Å². The predicted octanol–water partition coefficient (Wildman–Crippen LogP) is 6.46. The normalized spacial score (nSPS) is 40.4. The van der Waals surface area contributed by atoms with E-state index in [1.807, 2.05) is 20.8 Å². The largest absolute Gasteiger partial charge is 0.414 e. The highest BCUT2D eigenvalue weighted by molar-refractivity contribution is 6.74. The Morgan fingerprint density at radius 1 is 0.900 bits per heavy atom. The van der Waals surface area contributed by atoms with E-state index in [0.717, 1.165) is 41.8 Å². The van der Waals surface area contributed by atoms with Gasteiger partial charge in [0.1, 0.15) is 6.10 Å². The van der Waals surface area contributed by atoms with Crippen LogP contribution in [0.4, 0.5) is 0 Å². The van der Waals surface area contributed by atoms with E-state index in [9.17, 15) is 20.1 Å². The van der Waals surface area contributed by atoms with E-state index in [-0.39, 0.29) is 24.2 Å². The lowest BCUT2D eigenvalue weighted by Crippen LogP contribution is -2.74. The summed E-state index contributed by atoms with van der Waals surface area (Å²) in [6.45, 7) is 25.2. The number of aliphatic hydroxyl groups excluding tert-OH is 2. The Bertz CT molecular complexity index is 914. The molecule has 40 heavy (non-hydrogen) atoms. The summed E-state index contributed by atoms with van der Waals surface area (Å²) in [6, 6.07) is 5.75. The smallest absolute Gasteiger partial charge is 0.192 e. The molecule has 9 atom stereocenters. The summed E-state index contributed by atoms with van der Waals surface area (Å²) < 4.78 is 14.0. The van der Waals surface area contributed by atoms with Gasteiger partial charge in [-0.25, -0.2) is 0 Å². The van der Waals surface area contributed by atoms with E-state index in [4.69, 9.17) is 8.85 Å². The first kappa shape index (κ1) is 34.1. The molecule has 3 N–H and O–H groups in total. The first-order valence-electron chi connectivity index (χ1n) is 16.2. The van der Waals surface area contributed by atoms with Gasteiger partial charge in [-0.2, -0.15) is 0 Å². The van der Waals surface area contributed by atoms with Crippen molar-refractivity contribution in [2.75, 3.05) is 0 Å². The van der Waals surface area contributed by atoms with Crippen LogP contribution in [-0.2, 0) is 13.6 Å². The minimum atomic E-state index is -2.12. The number of carbonyl (C=O) groups excluding carboxylic acids is 1. The summed E-state index contributed by atoms with van der Waals surface area (Å²) in [5, 5.41) is 37.2. The molecule has 3 aliphatic rings. The molecule has 0 aromatic carbocycles. The third kappa shape index (κ3) is 4.99. The van der Waals surface area contributed by atoms with Gasteiger partial charge in [-0.05, 0) is 61.9 Å². The molecule has 3 aliphatic carbocycles. The van der Waals surface area contributed by atoms with Gasteiger partial charge in [0.25, 0.3) is 0 Å². The minimum Gasteiger partial charge on any atom is -0.414 e. The molecule has 0 heterocycles. The Hall–Kier alpha value is -0.356. The van der Waals surface area contributed by atoms with Crippen molar-refractivity contribution >= 4 is 22.4 Å². The molecule has 0 aromatic heterocycles. The fraction of sp³-hybridized carbons (Fsp3) is 0.906. The lowest BCUT2D eigenvalue weighted by Gasteiger charge is -2.65. The standard InChI is InChI=1S/C32H60O6Si2/c1-12-39(13-2,14-3)37-23-20-32(36)28(34)25-21(7)18-19-24(38-40(15-4,16-5)17-6)31(25,11)29(35)27(33)26(22(23)8)30(32,9)10/h22-28,33-34,36H,7,12-20H2,1-6,8-11H3/t22-,23+,24+,25+,26-,27-,28+,31-,32-/m1/s1. The summed E-state index contributed by atoms with van der Waals surface area (Å²) >= 11 is 0. The molecule has 0 radical (unpaired) electrons. The summed E-state index contributed by atoms with van der Waals surface area (Å²) in [5.74, 6) is -1.73. The summed E-state index contributed by atoms with van der Waals surface area (Å²) in [4.78, 5) is 14.7. The molecular weight excluding hydrogens is 537 g/mol. The number of hydrogen-bond acceptors (Lipinski definition) is 6. The van der Waals surface area contributed by atoms with Gasteiger partial charge in [-0.15, -0.1) is 0 Å². The van der Waals surface area contributed by atoms with Gasteiger partial charge in [0.2, 0.25) is 0 Å². The van der Waals surface area contributed by atoms with Crippen molar-refractivity contribution in [3.8, 4) is 0 Å². The fourth-order valence-electron chi connectivity index (χ4n) is 9.09. The molecule has 0 amide bonds. The highest BCUT2D eigenvalue weighted by atomic mass is 28.4. The average Bonchev–Trinajstić information content (AvgIpc) is 2.93. The van der Waals surface area contributed by atoms with Crippen molar-refractivity contribution in [1.82, 2.24) is 0 Å². The lowest BCUT2D eigenvalue weighted by atomic mass is 9.44. The summed E-state index contributed by atoms with van der Waals surface area (Å²) in [7, 11) is -4.18. The van der Waals surface area contributed by atoms with Gasteiger partial charge in [0.15, 0.2) is 22.4 Å². The van der Waals surface area contributed by atoms with Gasteiger partial charge >= 0.3 is 0 Å². The number of fused-ring (bicyclic) bond motifs is 3. The zero-order chi connectivity index (χ0) is 30.5. The van der Waals surface area contributed by atoms with E-state index in [0.29, 0.717) is 12.8 Å². The Morgan fingerprint density at radius 2 is 1.38 bits per heavy atom. The Labute approximate surface area is 246 Å². The van der Waals surface area contributed by atoms with E-state index in [1.54, 1.807) is 0 Å². The van der Waals surface area contributed by atoms with Crippen LogP contribution in [0.15, 0.2) is 12.2 Å². The molecule has 6 nitrogen and oxygen atoms in total. The second-order valence-electron chi connectivity index (χ2n) is 14.2. The van der Waals surface area contributed by atoms with Crippen molar-refractivity contribution < 1.29 is 29.0 Å². The average molecular weight is 597 g/mol. The Balaban J connectivity index is 2.20. The topological polar surface area (TPSA) is 96.2 Å². The predicted molar refractivity (Wildman–Crippen MR) is 167 cm³/mol. The second-order valence-corrected chi connectivity index (χ2v) is 23.6. The lowest BCUT2D eigenvalue weighted by molar-refractivity contribution is -0.265. The van der Waals surface area contributed by atoms with Crippen LogP contribution >= 0.6 is 0 Å². The molecule has 3 rings (SSSR count). The van der Waals surface area contributed by atoms with Crippen molar-refractivity contribution in [2.24, 2.45) is 28.6 Å². The third-order valence-electron chi connectivity index (χ3n) is 12.7. The second kappa shape index (κ2) is 12.0. The molecule has 3 fully saturated rings. The number of aliphatic hydroxyl groups is 3. The van der Waals surface area contributed by atoms with Crippen LogP contribution in [0.2, 0.25) is 36.3 Å². The summed E-state index contributed by atoms with van der Waals surface area (Å²) in [6.07, 6.45) is -1.78. The van der Waals surface area contributed by atoms with Gasteiger partial charge < -0.3 is 24.2 Å². The minimum absolute atomic E-state index is 0.167. The quantitative estimate of drug-likeness (QED) is 0.198. The van der Waals surface area contributed by atoms with Crippen LogP contribution in [0.25, 0.3) is 0 Å². The molecule has 0 spiro atoms. The highest BCUT2D eigenvalue weighted by Gasteiger charge is 2.70. The maximum Gasteiger partial charge on any atom is 0.192 e. The van der Waals surface area contributed by atoms with Gasteiger partial charge in [0.05, 0.1) is 29.3 Å². The van der Waals surface area contributed by atoms with Crippen LogP contribution in [0.1, 0.15) is 88.5 Å². The molecule has 0 saturated heterocycles. The van der Waals surface area contributed by atoms with E-state index < -0.39 is 63.2 Å². The van der Waals surface area contributed by atoms with Crippen LogP contribution in [0, 0.1) is 28.6 Å². The van der Waals surface area contributed by atoms with E-state index >= 15 is 0 Å². The molecule has 0 aromatic rings. The van der Waals surface area contributed by atoms with Crippen LogP contribution in [0.3, 0.4) is 0 Å². The number of carbonyl (C=O) groups is 1. The van der Waals surface area contributed by atoms with Crippen molar-refractivity contribution in [1.29, 1.82) is 0 Å². The summed E-state index contributed by atoms with van der Waals surface area (Å²) in [5.41, 5.74) is -2.92. The monoisotopic (exact) mass is 596 g/mol. The van der Waals surface area contributed by atoms with Crippen LogP contribution in [-0.4, -0.2) is 67.8 Å². The van der Waals surface area contributed by atoms with Crippen molar-refractivity contribution in [3.05, 3.63) is 12.2 Å². The zero-order valence-corrected chi connectivity index (χ0v) is 29.2. The maximum atomic E-state index is 14.7. The number of ketones is 1. The van der Waals surface area contributed by atoms with Gasteiger partial charge in [-0.3, -0.25) is 4.79 Å². The molecular formula is C32H60O6Si2. The SMILES string of the molecule is C=C1CC[C@H](O[Si](CC)(CC)CC)[C@@]2(C)C(=O)[C@H](O)[C@H]3[C@H](C)[C@@H](O[Si](CC)(CC)CC)C[C@@](O)([C@@H](O)[C@H]12)C3(C)C. The first-order chi connectivity index (χ1) is 18.5. The van der Waals surface area contributed by atoms with Gasteiger partial charge in [0, 0.05) is 23.7 Å². The molecule has 0 unspecified atom stereocenters. The number of Topliss-reactive ketones (excluding diaryl/α,β-unsaturated/α-hetero) is 1. The number of hydrogen-bond donors (Lipinski definition) is 3. The Kier molecular flexibility index (Phi) is 10.2. The highest BCUT2D eigenvalue weighted by Crippen LogP contribution is 2.62. The number of rotatable bonds is 10. The van der Waals surface area contributed by atoms with Crippen LogP contribution < -0.4 is 0 Å². The third-order valence-corrected chi connectivity index (χ3v) is 22.0. The zero-order valence-electron chi connectivity index (χ0n) is 27.2. The van der Waals surface area contributed by atoms with E-state index in [1.165, 1.54) is 0 Å².